The number of aromatic nitrogens is 1. The first-order valence-electron chi connectivity index (χ1n) is 7.30. The van der Waals surface area contributed by atoms with Gasteiger partial charge in [0.1, 0.15) is 0 Å². The van der Waals surface area contributed by atoms with Gasteiger partial charge in [-0.15, -0.1) is 0 Å². The Labute approximate surface area is 144 Å². The number of carbonyl (C=O) groups is 1. The fraction of sp³-hybridized carbons (Fsp3) is 0.0556. The van der Waals surface area contributed by atoms with Crippen LogP contribution in [0.2, 0.25) is 5.02 Å². The van der Waals surface area contributed by atoms with Crippen molar-refractivity contribution in [1.82, 2.24) is 10.3 Å². The molecule has 5 nitrogen and oxygen atoms in total. The lowest BCUT2D eigenvalue weighted by atomic mass is 10.0. The average molecular weight is 339 g/mol. The van der Waals surface area contributed by atoms with Gasteiger partial charge in [-0.1, -0.05) is 41.9 Å². The zero-order valence-electron chi connectivity index (χ0n) is 13.0. The Morgan fingerprint density at radius 3 is 2.79 bits per heavy atom. The van der Waals surface area contributed by atoms with Gasteiger partial charge in [-0.25, -0.2) is 9.98 Å². The van der Waals surface area contributed by atoms with Crippen LogP contribution >= 0.6 is 11.6 Å². The molecule has 0 unspecified atom stereocenters. The molecule has 0 fully saturated rings. The van der Waals surface area contributed by atoms with Gasteiger partial charge in [0.2, 0.25) is 6.41 Å². The fourth-order valence-electron chi connectivity index (χ4n) is 2.53. The van der Waals surface area contributed by atoms with Crippen molar-refractivity contribution in [3.05, 3.63) is 59.1 Å². The molecule has 3 rings (SSSR count). The van der Waals surface area contributed by atoms with Gasteiger partial charge < -0.3 is 5.73 Å². The molecule has 0 bridgehead atoms. The second-order valence-electron chi connectivity index (χ2n) is 5.23. The summed E-state index contributed by atoms with van der Waals surface area (Å²) in [7, 11) is 0. The molecule has 0 spiro atoms. The molecule has 0 radical (unpaired) electrons. The molecular formula is C18H15ClN4O. The molecule has 0 atom stereocenters. The molecule has 120 valence electrons. The molecule has 0 aliphatic rings. The number of guanidine groups is 1. The van der Waals surface area contributed by atoms with Crippen LogP contribution in [0.15, 0.2) is 53.5 Å². The lowest BCUT2D eigenvalue weighted by Gasteiger charge is -2.10. The maximum absolute atomic E-state index is 10.6. The Balaban J connectivity index is 2.29. The number of aliphatic imine (C=N–C) groups is 1. The van der Waals surface area contributed by atoms with Gasteiger partial charge in [0.05, 0.1) is 21.9 Å². The van der Waals surface area contributed by atoms with Crippen LogP contribution in [0.3, 0.4) is 0 Å². The van der Waals surface area contributed by atoms with Crippen molar-refractivity contribution >= 4 is 40.6 Å². The number of nitrogens with two attached hydrogens (primary N) is 1. The fourth-order valence-corrected chi connectivity index (χ4v) is 2.80. The Morgan fingerprint density at radius 1 is 1.25 bits per heavy atom. The Bertz CT molecular complexity index is 953. The smallest absolute Gasteiger partial charge is 0.213 e. The van der Waals surface area contributed by atoms with E-state index in [0.29, 0.717) is 28.0 Å². The Kier molecular flexibility index (Phi) is 4.44. The molecule has 3 aromatic rings. The zero-order valence-corrected chi connectivity index (χ0v) is 13.7. The van der Waals surface area contributed by atoms with E-state index in [1.165, 1.54) is 0 Å². The van der Waals surface area contributed by atoms with E-state index < -0.39 is 0 Å². The number of rotatable bonds is 3. The summed E-state index contributed by atoms with van der Waals surface area (Å²) < 4.78 is 0. The van der Waals surface area contributed by atoms with E-state index in [0.717, 1.165) is 16.8 Å². The van der Waals surface area contributed by atoms with Gasteiger partial charge in [0, 0.05) is 10.9 Å². The van der Waals surface area contributed by atoms with Crippen LogP contribution in [0.1, 0.15) is 5.56 Å². The van der Waals surface area contributed by atoms with Gasteiger partial charge in [0.15, 0.2) is 5.96 Å². The lowest BCUT2D eigenvalue weighted by Crippen LogP contribution is -2.29. The molecule has 2 aromatic carbocycles. The molecule has 0 aliphatic carbocycles. The third kappa shape index (κ3) is 3.07. The predicted octanol–water partition coefficient (Wildman–Crippen LogP) is 3.56. The highest BCUT2D eigenvalue weighted by Gasteiger charge is 2.11. The minimum Gasteiger partial charge on any atom is -0.369 e. The van der Waals surface area contributed by atoms with Crippen LogP contribution in [0.25, 0.3) is 22.2 Å². The number of benzene rings is 2. The second-order valence-corrected chi connectivity index (χ2v) is 5.64. The molecule has 1 amide bonds. The van der Waals surface area contributed by atoms with Gasteiger partial charge in [-0.05, 0) is 30.7 Å². The molecule has 0 saturated heterocycles. The molecule has 1 heterocycles. The van der Waals surface area contributed by atoms with E-state index in [1.54, 1.807) is 6.07 Å². The highest BCUT2D eigenvalue weighted by atomic mass is 35.5. The summed E-state index contributed by atoms with van der Waals surface area (Å²) in [4.78, 5) is 19.5. The topological polar surface area (TPSA) is 80.4 Å². The SMILES string of the molecule is Cc1ccccc1-c1cc(N=C(N)NC=O)c2c(Cl)cccc2n1. The first-order valence-corrected chi connectivity index (χ1v) is 7.67. The number of halogens is 1. The van der Waals surface area contributed by atoms with E-state index >= 15 is 0 Å². The molecule has 0 saturated carbocycles. The van der Waals surface area contributed by atoms with E-state index in [9.17, 15) is 4.79 Å². The maximum Gasteiger partial charge on any atom is 0.213 e. The van der Waals surface area contributed by atoms with E-state index in [1.807, 2.05) is 49.4 Å². The number of carbonyl (C=O) groups excluding carboxylic acids is 1. The number of nitrogens with zero attached hydrogens (tertiary/aromatic N) is 2. The minimum absolute atomic E-state index is 0.00634. The third-order valence-corrected chi connectivity index (χ3v) is 3.95. The normalized spacial score (nSPS) is 11.5. The van der Waals surface area contributed by atoms with Crippen LogP contribution in [0, 0.1) is 6.92 Å². The number of fused-ring (bicyclic) bond motifs is 1. The van der Waals surface area contributed by atoms with Crippen molar-refractivity contribution in [3.8, 4) is 11.3 Å². The lowest BCUT2D eigenvalue weighted by molar-refractivity contribution is -0.108. The highest BCUT2D eigenvalue weighted by Crippen LogP contribution is 2.35. The van der Waals surface area contributed by atoms with E-state index in [-0.39, 0.29) is 5.96 Å². The van der Waals surface area contributed by atoms with E-state index in [2.05, 4.69) is 10.3 Å². The Morgan fingerprint density at radius 2 is 2.04 bits per heavy atom. The summed E-state index contributed by atoms with van der Waals surface area (Å²) >= 11 is 6.31. The number of amides is 1. The van der Waals surface area contributed by atoms with Crippen molar-refractivity contribution in [2.75, 3.05) is 0 Å². The number of hydrogen-bond donors (Lipinski definition) is 2. The van der Waals surface area contributed by atoms with Gasteiger partial charge in [-0.2, -0.15) is 0 Å². The first kappa shape index (κ1) is 16.0. The first-order chi connectivity index (χ1) is 11.6. The number of hydrogen-bond acceptors (Lipinski definition) is 3. The summed E-state index contributed by atoms with van der Waals surface area (Å²) in [6.07, 6.45) is 0.478. The Hall–Kier alpha value is -2.92. The molecular weight excluding hydrogens is 324 g/mol. The maximum atomic E-state index is 10.6. The summed E-state index contributed by atoms with van der Waals surface area (Å²) in [6, 6.07) is 15.2. The zero-order chi connectivity index (χ0) is 17.1. The van der Waals surface area contributed by atoms with Crippen molar-refractivity contribution < 1.29 is 4.79 Å². The molecule has 6 heteroatoms. The number of pyridine rings is 1. The van der Waals surface area contributed by atoms with Crippen molar-refractivity contribution in [2.24, 2.45) is 10.7 Å². The summed E-state index contributed by atoms with van der Waals surface area (Å²) in [6.45, 7) is 2.02. The molecule has 1 aromatic heterocycles. The largest absolute Gasteiger partial charge is 0.369 e. The van der Waals surface area contributed by atoms with Crippen LogP contribution in [0.4, 0.5) is 5.69 Å². The van der Waals surface area contributed by atoms with Crippen LogP contribution in [0.5, 0.6) is 0 Å². The van der Waals surface area contributed by atoms with Crippen molar-refractivity contribution in [1.29, 1.82) is 0 Å². The predicted molar refractivity (Wildman–Crippen MR) is 97.4 cm³/mol. The molecule has 24 heavy (non-hydrogen) atoms. The highest BCUT2D eigenvalue weighted by molar-refractivity contribution is 6.36. The minimum atomic E-state index is -0.00634. The summed E-state index contributed by atoms with van der Waals surface area (Å²) in [5.41, 5.74) is 9.84. The summed E-state index contributed by atoms with van der Waals surface area (Å²) in [5.74, 6) is -0.00634. The number of aryl methyl sites for hydroxylation is 1. The van der Waals surface area contributed by atoms with Gasteiger partial charge in [0.25, 0.3) is 0 Å². The van der Waals surface area contributed by atoms with Crippen LogP contribution < -0.4 is 11.1 Å². The van der Waals surface area contributed by atoms with E-state index in [4.69, 9.17) is 22.3 Å². The molecule has 0 aliphatic heterocycles. The number of nitrogens with one attached hydrogen (secondary N) is 1. The average Bonchev–Trinajstić information content (AvgIpc) is 2.55. The van der Waals surface area contributed by atoms with Crippen molar-refractivity contribution in [3.63, 3.8) is 0 Å². The van der Waals surface area contributed by atoms with Crippen LogP contribution in [-0.2, 0) is 4.79 Å². The second kappa shape index (κ2) is 6.68. The van der Waals surface area contributed by atoms with Gasteiger partial charge >= 0.3 is 0 Å². The van der Waals surface area contributed by atoms with Crippen LogP contribution in [-0.4, -0.2) is 17.4 Å². The third-order valence-electron chi connectivity index (χ3n) is 3.63. The standard InChI is InChI=1S/C18H15ClN4O/c1-11-5-2-3-6-12(11)15-9-16(23-18(20)21-10-24)17-13(19)7-4-8-14(17)22-15/h2-10H,1H3,(H3,20,21,22,23,24). The van der Waals surface area contributed by atoms with Gasteiger partial charge in [-0.3, -0.25) is 10.1 Å². The summed E-state index contributed by atoms with van der Waals surface area (Å²) in [5, 5.41) is 3.54. The molecule has 3 N–H and O–H groups in total. The quantitative estimate of drug-likeness (QED) is 0.435. The van der Waals surface area contributed by atoms with Crippen molar-refractivity contribution in [2.45, 2.75) is 6.92 Å². The monoisotopic (exact) mass is 338 g/mol.